The maximum absolute atomic E-state index is 12.8. The molecule has 1 aliphatic rings. The highest BCUT2D eigenvalue weighted by Crippen LogP contribution is 2.31. The number of thiazole rings is 1. The number of rotatable bonds is 3. The zero-order chi connectivity index (χ0) is 17.4. The molecule has 0 aliphatic heterocycles. The smallest absolute Gasteiger partial charge is 0.263 e. The summed E-state index contributed by atoms with van der Waals surface area (Å²) in [6.45, 7) is 1.90. The second kappa shape index (κ2) is 6.44. The van der Waals surface area contributed by atoms with E-state index in [0.717, 1.165) is 41.1 Å². The number of fused-ring (bicyclic) bond motifs is 1. The van der Waals surface area contributed by atoms with Gasteiger partial charge in [-0.15, -0.1) is 11.3 Å². The van der Waals surface area contributed by atoms with E-state index in [1.807, 2.05) is 55.2 Å². The first-order valence-electron chi connectivity index (χ1n) is 8.48. The lowest BCUT2D eigenvalue weighted by molar-refractivity contribution is 0.0936. The topological polar surface area (TPSA) is 59.8 Å². The first kappa shape index (κ1) is 16.0. The quantitative estimate of drug-likeness (QED) is 0.782. The second-order valence-electron chi connectivity index (χ2n) is 6.39. The zero-order valence-electron chi connectivity index (χ0n) is 14.3. The minimum atomic E-state index is -0.0427. The Morgan fingerprint density at radius 2 is 2.12 bits per heavy atom. The van der Waals surface area contributed by atoms with Gasteiger partial charge in [0.1, 0.15) is 9.88 Å². The van der Waals surface area contributed by atoms with E-state index in [0.29, 0.717) is 4.88 Å². The van der Waals surface area contributed by atoms with E-state index in [2.05, 4.69) is 15.4 Å². The van der Waals surface area contributed by atoms with Crippen LogP contribution in [0.15, 0.2) is 36.5 Å². The van der Waals surface area contributed by atoms with Crippen LogP contribution in [0.2, 0.25) is 0 Å². The maximum atomic E-state index is 12.8. The number of carbonyl (C=O) groups excluding carboxylic acids is 1. The van der Waals surface area contributed by atoms with Crippen LogP contribution >= 0.6 is 11.3 Å². The summed E-state index contributed by atoms with van der Waals surface area (Å²) in [5.41, 5.74) is 4.19. The number of amides is 1. The van der Waals surface area contributed by atoms with Gasteiger partial charge in [-0.25, -0.2) is 4.98 Å². The molecule has 0 radical (unpaired) electrons. The summed E-state index contributed by atoms with van der Waals surface area (Å²) < 4.78 is 1.92. The largest absolute Gasteiger partial charge is 0.344 e. The van der Waals surface area contributed by atoms with Crippen molar-refractivity contribution in [1.29, 1.82) is 0 Å². The van der Waals surface area contributed by atoms with Crippen molar-refractivity contribution in [3.8, 4) is 10.6 Å². The summed E-state index contributed by atoms with van der Waals surface area (Å²) in [5, 5.41) is 8.42. The lowest BCUT2D eigenvalue weighted by Gasteiger charge is -2.23. The third-order valence-electron chi connectivity index (χ3n) is 4.70. The van der Waals surface area contributed by atoms with E-state index in [1.165, 1.54) is 17.0 Å². The van der Waals surface area contributed by atoms with Gasteiger partial charge in [0.25, 0.3) is 5.91 Å². The summed E-state index contributed by atoms with van der Waals surface area (Å²) in [6, 6.07) is 10.0. The maximum Gasteiger partial charge on any atom is 0.263 e. The minimum Gasteiger partial charge on any atom is -0.344 e. The molecule has 0 bridgehead atoms. The van der Waals surface area contributed by atoms with Gasteiger partial charge in [0.15, 0.2) is 0 Å². The molecule has 2 heterocycles. The molecule has 1 N–H and O–H groups in total. The Bertz CT molecular complexity index is 913. The number of aryl methyl sites for hydroxylation is 2. The molecule has 0 fully saturated rings. The van der Waals surface area contributed by atoms with Crippen molar-refractivity contribution in [2.24, 2.45) is 7.05 Å². The van der Waals surface area contributed by atoms with Crippen LogP contribution in [0.4, 0.5) is 0 Å². The number of benzene rings is 1. The van der Waals surface area contributed by atoms with Crippen LogP contribution in [0.25, 0.3) is 10.6 Å². The number of hydrogen-bond acceptors (Lipinski definition) is 4. The van der Waals surface area contributed by atoms with Gasteiger partial charge in [0, 0.05) is 23.9 Å². The standard InChI is InChI=1S/C19H20N4OS/c1-12-17(25-19(21-12)13-7-4-3-5-8-13)18(24)22-15-9-6-10-16-14(15)11-20-23(16)2/h3-5,7-8,11,15H,6,9-10H2,1-2H3,(H,22,24). The Hall–Kier alpha value is -2.47. The average Bonchev–Trinajstić information content (AvgIpc) is 3.20. The molecule has 5 nitrogen and oxygen atoms in total. The molecule has 4 rings (SSSR count). The Kier molecular flexibility index (Phi) is 4.13. The minimum absolute atomic E-state index is 0.0339. The molecule has 1 aliphatic carbocycles. The summed E-state index contributed by atoms with van der Waals surface area (Å²) >= 11 is 1.45. The van der Waals surface area contributed by atoms with Crippen molar-refractivity contribution in [3.63, 3.8) is 0 Å². The summed E-state index contributed by atoms with van der Waals surface area (Å²) in [7, 11) is 1.96. The molecule has 1 unspecified atom stereocenters. The SMILES string of the molecule is Cc1nc(-c2ccccc2)sc1C(=O)NC1CCCc2c1cnn2C. The number of aromatic nitrogens is 3. The van der Waals surface area contributed by atoms with Crippen LogP contribution in [0.3, 0.4) is 0 Å². The third-order valence-corrected chi connectivity index (χ3v) is 5.91. The molecular weight excluding hydrogens is 332 g/mol. The number of hydrogen-bond donors (Lipinski definition) is 1. The average molecular weight is 352 g/mol. The number of carbonyl (C=O) groups is 1. The van der Waals surface area contributed by atoms with Crippen molar-refractivity contribution in [2.45, 2.75) is 32.2 Å². The zero-order valence-corrected chi connectivity index (χ0v) is 15.1. The lowest BCUT2D eigenvalue weighted by Crippen LogP contribution is -2.30. The normalized spacial score (nSPS) is 16.5. The van der Waals surface area contributed by atoms with E-state index in [-0.39, 0.29) is 11.9 Å². The van der Waals surface area contributed by atoms with Crippen LogP contribution in [0, 0.1) is 6.92 Å². The molecule has 25 heavy (non-hydrogen) atoms. The summed E-state index contributed by atoms with van der Waals surface area (Å²) in [6.07, 6.45) is 4.92. The Balaban J connectivity index is 1.57. The second-order valence-corrected chi connectivity index (χ2v) is 7.39. The first-order valence-corrected chi connectivity index (χ1v) is 9.29. The molecular formula is C19H20N4OS. The summed E-state index contributed by atoms with van der Waals surface area (Å²) in [5.74, 6) is -0.0427. The molecule has 0 saturated heterocycles. The first-order chi connectivity index (χ1) is 12.1. The fourth-order valence-electron chi connectivity index (χ4n) is 3.39. The van der Waals surface area contributed by atoms with E-state index < -0.39 is 0 Å². The predicted molar refractivity (Wildman–Crippen MR) is 98.6 cm³/mol. The van der Waals surface area contributed by atoms with Crippen molar-refractivity contribution in [1.82, 2.24) is 20.1 Å². The van der Waals surface area contributed by atoms with Gasteiger partial charge < -0.3 is 5.32 Å². The van der Waals surface area contributed by atoms with Crippen LogP contribution in [-0.4, -0.2) is 20.7 Å². The fourth-order valence-corrected chi connectivity index (χ4v) is 4.37. The summed E-state index contributed by atoms with van der Waals surface area (Å²) in [4.78, 5) is 18.1. The van der Waals surface area contributed by atoms with Gasteiger partial charge in [0.2, 0.25) is 0 Å². The third kappa shape index (κ3) is 2.98. The highest BCUT2D eigenvalue weighted by atomic mass is 32.1. The highest BCUT2D eigenvalue weighted by molar-refractivity contribution is 7.17. The Labute approximate surface area is 150 Å². The molecule has 1 amide bonds. The van der Waals surface area contributed by atoms with Crippen LogP contribution < -0.4 is 5.32 Å². The van der Waals surface area contributed by atoms with Gasteiger partial charge in [-0.2, -0.15) is 5.10 Å². The monoisotopic (exact) mass is 352 g/mol. The van der Waals surface area contributed by atoms with Gasteiger partial charge in [-0.1, -0.05) is 30.3 Å². The fraction of sp³-hybridized carbons (Fsp3) is 0.316. The molecule has 3 aromatic rings. The van der Waals surface area contributed by atoms with Gasteiger partial charge >= 0.3 is 0 Å². The molecule has 0 saturated carbocycles. The molecule has 128 valence electrons. The van der Waals surface area contributed by atoms with Crippen LogP contribution in [0.1, 0.15) is 45.5 Å². The van der Waals surface area contributed by atoms with E-state index in [9.17, 15) is 4.79 Å². The molecule has 2 aromatic heterocycles. The molecule has 0 spiro atoms. The molecule has 1 aromatic carbocycles. The van der Waals surface area contributed by atoms with Gasteiger partial charge in [-0.05, 0) is 26.2 Å². The molecule has 1 atom stereocenters. The van der Waals surface area contributed by atoms with Crippen molar-refractivity contribution >= 4 is 17.2 Å². The Morgan fingerprint density at radius 1 is 1.32 bits per heavy atom. The van der Waals surface area contributed by atoms with Crippen molar-refractivity contribution in [2.75, 3.05) is 0 Å². The van der Waals surface area contributed by atoms with E-state index >= 15 is 0 Å². The highest BCUT2D eigenvalue weighted by Gasteiger charge is 2.26. The van der Waals surface area contributed by atoms with Crippen LogP contribution in [-0.2, 0) is 13.5 Å². The van der Waals surface area contributed by atoms with Gasteiger partial charge in [-0.3, -0.25) is 9.48 Å². The molecule has 6 heteroatoms. The van der Waals surface area contributed by atoms with E-state index in [1.54, 1.807) is 0 Å². The van der Waals surface area contributed by atoms with Gasteiger partial charge in [0.05, 0.1) is 17.9 Å². The number of nitrogens with one attached hydrogen (secondary N) is 1. The van der Waals surface area contributed by atoms with Crippen molar-refractivity contribution < 1.29 is 4.79 Å². The van der Waals surface area contributed by atoms with Crippen molar-refractivity contribution in [3.05, 3.63) is 58.4 Å². The van der Waals surface area contributed by atoms with E-state index in [4.69, 9.17) is 0 Å². The van der Waals surface area contributed by atoms with Crippen LogP contribution in [0.5, 0.6) is 0 Å². The Morgan fingerprint density at radius 3 is 2.92 bits per heavy atom. The predicted octanol–water partition coefficient (Wildman–Crippen LogP) is 3.66. The number of nitrogens with zero attached hydrogens (tertiary/aromatic N) is 3. The lowest BCUT2D eigenvalue weighted by atomic mass is 9.93.